The lowest BCUT2D eigenvalue weighted by Gasteiger charge is -2.36. The zero-order valence-electron chi connectivity index (χ0n) is 13.1. The molecule has 23 heavy (non-hydrogen) atoms. The molecule has 2 atom stereocenters. The molecule has 0 aliphatic carbocycles. The van der Waals surface area contributed by atoms with Crippen LogP contribution in [0.25, 0.3) is 0 Å². The molecule has 0 N–H and O–H groups in total. The van der Waals surface area contributed by atoms with E-state index in [1.807, 2.05) is 28.9 Å². The second kappa shape index (κ2) is 6.33. The van der Waals surface area contributed by atoms with Crippen molar-refractivity contribution in [2.24, 2.45) is 5.92 Å². The van der Waals surface area contributed by atoms with Gasteiger partial charge in [0.05, 0.1) is 23.1 Å². The van der Waals surface area contributed by atoms with Crippen LogP contribution in [0.15, 0.2) is 29.7 Å². The van der Waals surface area contributed by atoms with Crippen molar-refractivity contribution in [3.05, 3.63) is 50.7 Å². The van der Waals surface area contributed by atoms with Crippen LogP contribution in [0.4, 0.5) is 0 Å². The highest BCUT2D eigenvalue weighted by atomic mass is 35.5. The number of halogens is 1. The average Bonchev–Trinajstić information content (AvgIpc) is 2.89. The maximum atomic E-state index is 11.6. The monoisotopic (exact) mass is 338 g/mol. The van der Waals surface area contributed by atoms with Crippen molar-refractivity contribution in [1.82, 2.24) is 14.8 Å². The fraction of sp³-hybridized carbons (Fsp3) is 0.533. The Hall–Kier alpha value is -1.86. The van der Waals surface area contributed by atoms with Crippen LogP contribution in [0.2, 0.25) is 5.15 Å². The molecule has 0 spiro atoms. The molecule has 1 aromatic rings. The Kier molecular flexibility index (Phi) is 4.41. The Bertz CT molecular complexity index is 651. The van der Waals surface area contributed by atoms with E-state index in [0.717, 1.165) is 5.69 Å². The summed E-state index contributed by atoms with van der Waals surface area (Å²) in [5.41, 5.74) is 1.06. The molecule has 1 fully saturated rings. The van der Waals surface area contributed by atoms with Gasteiger partial charge >= 0.3 is 0 Å². The van der Waals surface area contributed by atoms with Gasteiger partial charge in [0.1, 0.15) is 11.4 Å². The average molecular weight is 339 g/mol. The van der Waals surface area contributed by atoms with Gasteiger partial charge in [0.15, 0.2) is 5.82 Å². The van der Waals surface area contributed by atoms with Crippen molar-refractivity contribution in [1.29, 1.82) is 0 Å². The van der Waals surface area contributed by atoms with Crippen LogP contribution in [-0.4, -0.2) is 46.1 Å². The lowest BCUT2D eigenvalue weighted by atomic mass is 9.98. The molecule has 0 bridgehead atoms. The molecule has 3 heterocycles. The fourth-order valence-electron chi connectivity index (χ4n) is 3.35. The van der Waals surface area contributed by atoms with Crippen molar-refractivity contribution >= 4 is 11.6 Å². The van der Waals surface area contributed by atoms with Crippen LogP contribution in [-0.2, 0) is 11.3 Å². The highest BCUT2D eigenvalue weighted by Gasteiger charge is 2.44. The number of hydrogen-bond acceptors (Lipinski definition) is 6. The third-order valence-corrected chi connectivity index (χ3v) is 4.59. The van der Waals surface area contributed by atoms with Gasteiger partial charge in [-0.1, -0.05) is 24.6 Å². The minimum Gasteiger partial charge on any atom is -0.362 e. The molecule has 1 saturated heterocycles. The predicted octanol–water partition coefficient (Wildman–Crippen LogP) is 2.31. The van der Waals surface area contributed by atoms with E-state index in [9.17, 15) is 10.1 Å². The Morgan fingerprint density at radius 3 is 2.91 bits per heavy atom. The number of allylic oxidation sites excluding steroid dienone is 1. The number of aromatic nitrogens is 1. The van der Waals surface area contributed by atoms with Crippen LogP contribution < -0.4 is 0 Å². The Labute approximate surface area is 139 Å². The van der Waals surface area contributed by atoms with Crippen molar-refractivity contribution < 1.29 is 9.66 Å². The lowest BCUT2D eigenvalue weighted by molar-refractivity contribution is -0.439. The zero-order chi connectivity index (χ0) is 16.6. The molecule has 2 aliphatic rings. The number of pyridine rings is 1. The quantitative estimate of drug-likeness (QED) is 0.476. The molecule has 0 amide bonds. The molecule has 0 radical (unpaired) electrons. The van der Waals surface area contributed by atoms with Crippen LogP contribution in [0, 0.1) is 16.0 Å². The summed E-state index contributed by atoms with van der Waals surface area (Å²) in [5.74, 6) is 0.497. The van der Waals surface area contributed by atoms with Gasteiger partial charge in [-0.2, -0.15) is 0 Å². The van der Waals surface area contributed by atoms with E-state index in [-0.39, 0.29) is 22.8 Å². The van der Waals surface area contributed by atoms with E-state index >= 15 is 0 Å². The molecule has 1 aromatic heterocycles. The molecule has 124 valence electrons. The van der Waals surface area contributed by atoms with Crippen molar-refractivity contribution in [3.63, 3.8) is 0 Å². The highest BCUT2D eigenvalue weighted by molar-refractivity contribution is 6.29. The Morgan fingerprint density at radius 1 is 1.48 bits per heavy atom. The first-order chi connectivity index (χ1) is 11.0. The standard InChI is InChI=1S/C15H19ClN4O3/c1-10-8-13(23-2)19-7-6-18(15(19)14(10)20(21)22)9-11-4-3-5-12(16)17-11/h3-5,10,13H,6-9H2,1-2H3. The molecule has 8 heteroatoms. The van der Waals surface area contributed by atoms with E-state index in [1.165, 1.54) is 0 Å². The Morgan fingerprint density at radius 2 is 2.26 bits per heavy atom. The summed E-state index contributed by atoms with van der Waals surface area (Å²) in [4.78, 5) is 19.6. The molecule has 2 aliphatic heterocycles. The number of hydrogen-bond donors (Lipinski definition) is 0. The second-order valence-corrected chi connectivity index (χ2v) is 6.25. The third-order valence-electron chi connectivity index (χ3n) is 4.38. The predicted molar refractivity (Wildman–Crippen MR) is 85.0 cm³/mol. The van der Waals surface area contributed by atoms with Crippen LogP contribution in [0.5, 0.6) is 0 Å². The largest absolute Gasteiger partial charge is 0.362 e. The van der Waals surface area contributed by atoms with E-state index in [1.54, 1.807) is 13.2 Å². The molecular weight excluding hydrogens is 320 g/mol. The van der Waals surface area contributed by atoms with Gasteiger partial charge in [0.25, 0.3) is 5.70 Å². The third kappa shape index (κ3) is 2.98. The number of ether oxygens (including phenoxy) is 1. The van der Waals surface area contributed by atoms with Crippen molar-refractivity contribution in [2.45, 2.75) is 26.1 Å². The summed E-state index contributed by atoms with van der Waals surface area (Å²) >= 11 is 5.94. The Balaban J connectivity index is 1.95. The molecule has 0 aromatic carbocycles. The van der Waals surface area contributed by atoms with Crippen molar-refractivity contribution in [2.75, 3.05) is 20.2 Å². The normalized spacial score (nSPS) is 24.1. The summed E-state index contributed by atoms with van der Waals surface area (Å²) in [7, 11) is 1.65. The number of nitrogens with zero attached hydrogens (tertiary/aromatic N) is 4. The SMILES string of the molecule is COC1CC(C)C([N+](=O)[O-])=C2N(Cc3cccc(Cl)n3)CCN21. The highest BCUT2D eigenvalue weighted by Crippen LogP contribution is 2.37. The fourth-order valence-corrected chi connectivity index (χ4v) is 3.53. The first kappa shape index (κ1) is 16.0. The summed E-state index contributed by atoms with van der Waals surface area (Å²) < 4.78 is 5.53. The summed E-state index contributed by atoms with van der Waals surface area (Å²) in [6, 6.07) is 5.43. The first-order valence-corrected chi connectivity index (χ1v) is 7.93. The summed E-state index contributed by atoms with van der Waals surface area (Å²) in [6.07, 6.45) is 0.501. The summed E-state index contributed by atoms with van der Waals surface area (Å²) in [6.45, 7) is 3.78. The first-order valence-electron chi connectivity index (χ1n) is 7.55. The van der Waals surface area contributed by atoms with E-state index in [0.29, 0.717) is 37.0 Å². The molecule has 3 rings (SSSR count). The van der Waals surface area contributed by atoms with E-state index in [2.05, 4.69) is 4.98 Å². The van der Waals surface area contributed by atoms with Gasteiger partial charge in [-0.15, -0.1) is 0 Å². The maximum Gasteiger partial charge on any atom is 0.289 e. The van der Waals surface area contributed by atoms with Gasteiger partial charge in [0, 0.05) is 26.6 Å². The maximum absolute atomic E-state index is 11.6. The lowest BCUT2D eigenvalue weighted by Crippen LogP contribution is -2.42. The van der Waals surface area contributed by atoms with Crippen LogP contribution in [0.3, 0.4) is 0 Å². The van der Waals surface area contributed by atoms with Gasteiger partial charge in [-0.3, -0.25) is 10.1 Å². The molecule has 7 nitrogen and oxygen atoms in total. The van der Waals surface area contributed by atoms with E-state index < -0.39 is 0 Å². The zero-order valence-corrected chi connectivity index (χ0v) is 13.9. The van der Waals surface area contributed by atoms with Gasteiger partial charge < -0.3 is 14.5 Å². The molecule has 2 unspecified atom stereocenters. The summed E-state index contributed by atoms with van der Waals surface area (Å²) in [5, 5.41) is 12.0. The van der Waals surface area contributed by atoms with Gasteiger partial charge in [-0.05, 0) is 12.1 Å². The van der Waals surface area contributed by atoms with Gasteiger partial charge in [-0.25, -0.2) is 4.98 Å². The number of methoxy groups -OCH3 is 1. The minimum atomic E-state index is -0.261. The molecule has 0 saturated carbocycles. The van der Waals surface area contributed by atoms with E-state index in [4.69, 9.17) is 16.3 Å². The number of rotatable bonds is 4. The van der Waals surface area contributed by atoms with Gasteiger partial charge in [0.2, 0.25) is 0 Å². The molecular formula is C15H19ClN4O3. The number of nitro groups is 1. The van der Waals surface area contributed by atoms with Crippen LogP contribution in [0.1, 0.15) is 19.0 Å². The smallest absolute Gasteiger partial charge is 0.289 e. The minimum absolute atomic E-state index is 0.124. The van der Waals surface area contributed by atoms with Crippen LogP contribution >= 0.6 is 11.6 Å². The topological polar surface area (TPSA) is 71.7 Å². The van der Waals surface area contributed by atoms with Crippen molar-refractivity contribution in [3.8, 4) is 0 Å². The second-order valence-electron chi connectivity index (χ2n) is 5.86. The number of fused-ring (bicyclic) bond motifs is 1.